The standard InChI is InChI=1S/C11H18O2/c1-10(2)6-4-8-11(13-10)7-3-5-9(11)12/h3-8H2,1-2H3/t11-/m0/s1. The summed E-state index contributed by atoms with van der Waals surface area (Å²) in [6.45, 7) is 4.19. The molecule has 0 N–H and O–H groups in total. The van der Waals surface area contributed by atoms with Crippen molar-refractivity contribution in [3.8, 4) is 0 Å². The minimum Gasteiger partial charge on any atom is -0.361 e. The summed E-state index contributed by atoms with van der Waals surface area (Å²) in [4.78, 5) is 11.7. The molecule has 1 saturated carbocycles. The fraction of sp³-hybridized carbons (Fsp3) is 0.909. The second-order valence-corrected chi connectivity index (χ2v) is 4.99. The van der Waals surface area contributed by atoms with Crippen LogP contribution in [0.5, 0.6) is 0 Å². The van der Waals surface area contributed by atoms with Crippen LogP contribution in [0.2, 0.25) is 0 Å². The van der Waals surface area contributed by atoms with Gasteiger partial charge in [0.2, 0.25) is 0 Å². The molecule has 13 heavy (non-hydrogen) atoms. The van der Waals surface area contributed by atoms with Crippen molar-refractivity contribution in [2.24, 2.45) is 0 Å². The van der Waals surface area contributed by atoms with Gasteiger partial charge in [-0.1, -0.05) is 0 Å². The van der Waals surface area contributed by atoms with Crippen LogP contribution in [0.15, 0.2) is 0 Å². The Morgan fingerprint density at radius 1 is 1.15 bits per heavy atom. The summed E-state index contributed by atoms with van der Waals surface area (Å²) in [5.74, 6) is 0.347. The number of ether oxygens (including phenoxy) is 1. The van der Waals surface area contributed by atoms with Crippen molar-refractivity contribution in [2.45, 2.75) is 63.6 Å². The lowest BCUT2D eigenvalue weighted by molar-refractivity contribution is -0.180. The predicted octanol–water partition coefficient (Wildman–Crippen LogP) is 2.46. The Labute approximate surface area is 79.7 Å². The first-order valence-electron chi connectivity index (χ1n) is 5.28. The second-order valence-electron chi connectivity index (χ2n) is 4.99. The number of carbonyl (C=O) groups excluding carboxylic acids is 1. The maximum absolute atomic E-state index is 11.7. The molecule has 1 aliphatic carbocycles. The number of rotatable bonds is 0. The smallest absolute Gasteiger partial charge is 0.164 e. The molecular weight excluding hydrogens is 164 g/mol. The van der Waals surface area contributed by atoms with E-state index in [9.17, 15) is 4.79 Å². The maximum atomic E-state index is 11.7. The zero-order valence-electron chi connectivity index (χ0n) is 8.56. The van der Waals surface area contributed by atoms with Crippen LogP contribution in [0.3, 0.4) is 0 Å². The Morgan fingerprint density at radius 3 is 2.38 bits per heavy atom. The molecule has 0 radical (unpaired) electrons. The van der Waals surface area contributed by atoms with E-state index in [1.165, 1.54) is 0 Å². The van der Waals surface area contributed by atoms with Crippen LogP contribution in [0, 0.1) is 0 Å². The summed E-state index contributed by atoms with van der Waals surface area (Å²) in [5, 5.41) is 0. The van der Waals surface area contributed by atoms with Gasteiger partial charge in [-0.15, -0.1) is 0 Å². The number of hydrogen-bond donors (Lipinski definition) is 0. The highest BCUT2D eigenvalue weighted by Gasteiger charge is 2.48. The molecule has 1 atom stereocenters. The Morgan fingerprint density at radius 2 is 1.85 bits per heavy atom. The summed E-state index contributed by atoms with van der Waals surface area (Å²) in [6, 6.07) is 0. The first-order chi connectivity index (χ1) is 6.04. The topological polar surface area (TPSA) is 26.3 Å². The van der Waals surface area contributed by atoms with E-state index in [4.69, 9.17) is 4.74 Å². The fourth-order valence-electron chi connectivity index (χ4n) is 2.70. The number of hydrogen-bond acceptors (Lipinski definition) is 2. The SMILES string of the molecule is CC1(C)CCC[C@]2(CCCC2=O)O1. The summed E-state index contributed by atoms with van der Waals surface area (Å²) in [7, 11) is 0. The van der Waals surface area contributed by atoms with Gasteiger partial charge < -0.3 is 4.74 Å². The van der Waals surface area contributed by atoms with Gasteiger partial charge in [-0.3, -0.25) is 4.79 Å². The van der Waals surface area contributed by atoms with Crippen molar-refractivity contribution >= 4 is 5.78 Å². The second kappa shape index (κ2) is 2.81. The van der Waals surface area contributed by atoms with Gasteiger partial charge in [0.25, 0.3) is 0 Å². The van der Waals surface area contributed by atoms with Crippen molar-refractivity contribution < 1.29 is 9.53 Å². The summed E-state index contributed by atoms with van der Waals surface area (Å²) in [5.41, 5.74) is -0.458. The van der Waals surface area contributed by atoms with Gasteiger partial charge in [0, 0.05) is 6.42 Å². The summed E-state index contributed by atoms with van der Waals surface area (Å²) in [6.07, 6.45) is 5.89. The van der Waals surface area contributed by atoms with E-state index < -0.39 is 0 Å². The molecule has 2 fully saturated rings. The molecule has 1 heterocycles. The third kappa shape index (κ3) is 1.52. The molecule has 0 bridgehead atoms. The zero-order chi connectivity index (χ0) is 9.53. The molecule has 2 rings (SSSR count). The molecule has 0 aromatic heterocycles. The first-order valence-corrected chi connectivity index (χ1v) is 5.28. The molecule has 0 amide bonds. The van der Waals surface area contributed by atoms with Crippen LogP contribution < -0.4 is 0 Å². The predicted molar refractivity (Wildman–Crippen MR) is 50.6 cm³/mol. The van der Waals surface area contributed by atoms with Crippen molar-refractivity contribution in [1.82, 2.24) is 0 Å². The van der Waals surface area contributed by atoms with Gasteiger partial charge in [-0.05, 0) is 46.0 Å². The van der Waals surface area contributed by atoms with Crippen molar-refractivity contribution in [2.75, 3.05) is 0 Å². The van der Waals surface area contributed by atoms with Gasteiger partial charge in [-0.2, -0.15) is 0 Å². The van der Waals surface area contributed by atoms with E-state index in [0.717, 1.165) is 38.5 Å². The van der Waals surface area contributed by atoms with Crippen LogP contribution in [-0.4, -0.2) is 17.0 Å². The lowest BCUT2D eigenvalue weighted by Gasteiger charge is -2.42. The van der Waals surface area contributed by atoms with Crippen molar-refractivity contribution in [3.63, 3.8) is 0 Å². The third-order valence-corrected chi connectivity index (χ3v) is 3.32. The normalized spacial score (nSPS) is 38.5. The number of Topliss-reactive ketones (excluding diaryl/α,β-unsaturated/α-hetero) is 1. The highest BCUT2D eigenvalue weighted by Crippen LogP contribution is 2.42. The highest BCUT2D eigenvalue weighted by atomic mass is 16.5. The monoisotopic (exact) mass is 182 g/mol. The number of carbonyl (C=O) groups is 1. The van der Waals surface area contributed by atoms with E-state index >= 15 is 0 Å². The van der Waals surface area contributed by atoms with Crippen molar-refractivity contribution in [1.29, 1.82) is 0 Å². The minimum atomic E-state index is -0.373. The van der Waals surface area contributed by atoms with Gasteiger partial charge in [0.1, 0.15) is 5.60 Å². The van der Waals surface area contributed by atoms with Crippen LogP contribution >= 0.6 is 0 Å². The molecule has 74 valence electrons. The molecule has 2 aliphatic rings. The van der Waals surface area contributed by atoms with Crippen LogP contribution in [0.25, 0.3) is 0 Å². The summed E-state index contributed by atoms with van der Waals surface area (Å²) < 4.78 is 5.98. The van der Waals surface area contributed by atoms with Gasteiger partial charge >= 0.3 is 0 Å². The third-order valence-electron chi connectivity index (χ3n) is 3.32. The van der Waals surface area contributed by atoms with Crippen LogP contribution in [-0.2, 0) is 9.53 Å². The Hall–Kier alpha value is -0.370. The molecule has 0 aromatic carbocycles. The maximum Gasteiger partial charge on any atom is 0.164 e. The van der Waals surface area contributed by atoms with Crippen LogP contribution in [0.4, 0.5) is 0 Å². The molecule has 2 nitrogen and oxygen atoms in total. The zero-order valence-corrected chi connectivity index (χ0v) is 8.56. The highest BCUT2D eigenvalue weighted by molar-refractivity contribution is 5.89. The quantitative estimate of drug-likeness (QED) is 0.575. The first kappa shape index (κ1) is 9.20. The average molecular weight is 182 g/mol. The number of ketones is 1. The molecule has 1 saturated heterocycles. The molecule has 1 aliphatic heterocycles. The molecule has 0 unspecified atom stereocenters. The largest absolute Gasteiger partial charge is 0.361 e. The van der Waals surface area contributed by atoms with E-state index in [1.54, 1.807) is 0 Å². The lowest BCUT2D eigenvalue weighted by Crippen LogP contribution is -2.48. The Bertz CT molecular complexity index is 232. The van der Waals surface area contributed by atoms with Gasteiger partial charge in [-0.25, -0.2) is 0 Å². The van der Waals surface area contributed by atoms with E-state index in [-0.39, 0.29) is 11.2 Å². The molecule has 2 heteroatoms. The van der Waals surface area contributed by atoms with Gasteiger partial charge in [0.05, 0.1) is 5.60 Å². The van der Waals surface area contributed by atoms with E-state index in [1.807, 2.05) is 0 Å². The molecular formula is C11H18O2. The van der Waals surface area contributed by atoms with Crippen LogP contribution in [0.1, 0.15) is 52.4 Å². The van der Waals surface area contributed by atoms with Gasteiger partial charge in [0.15, 0.2) is 5.78 Å². The average Bonchev–Trinajstić information content (AvgIpc) is 2.31. The minimum absolute atomic E-state index is 0.0851. The lowest BCUT2D eigenvalue weighted by atomic mass is 9.85. The van der Waals surface area contributed by atoms with E-state index in [0.29, 0.717) is 5.78 Å². The molecule has 0 aromatic rings. The molecule has 1 spiro atoms. The van der Waals surface area contributed by atoms with Crippen molar-refractivity contribution in [3.05, 3.63) is 0 Å². The fourth-order valence-corrected chi connectivity index (χ4v) is 2.70. The Kier molecular flexibility index (Phi) is 1.99. The van der Waals surface area contributed by atoms with E-state index in [2.05, 4.69) is 13.8 Å². The Balaban J connectivity index is 2.18. The summed E-state index contributed by atoms with van der Waals surface area (Å²) >= 11 is 0.